The van der Waals surface area contributed by atoms with Gasteiger partial charge < -0.3 is 5.32 Å². The van der Waals surface area contributed by atoms with E-state index in [1.807, 2.05) is 13.8 Å². The first-order chi connectivity index (χ1) is 14.7. The SMILES string of the molecule is CCc1cccc(CC)c1N=C(C)C(C#N)=C(C)Nc1c(C(C)C)cccc1C(C)C. The van der Waals surface area contributed by atoms with Gasteiger partial charge in [-0.05, 0) is 60.8 Å². The number of nitriles is 1. The molecule has 0 atom stereocenters. The molecule has 0 aliphatic heterocycles. The van der Waals surface area contributed by atoms with Crippen LogP contribution >= 0.6 is 0 Å². The highest BCUT2D eigenvalue weighted by Crippen LogP contribution is 2.34. The molecule has 2 rings (SSSR count). The number of aryl methyl sites for hydroxylation is 2. The van der Waals surface area contributed by atoms with E-state index in [1.54, 1.807) is 0 Å². The van der Waals surface area contributed by atoms with Gasteiger partial charge in [0.2, 0.25) is 0 Å². The van der Waals surface area contributed by atoms with Gasteiger partial charge in [0, 0.05) is 11.4 Å². The molecule has 0 spiro atoms. The molecule has 2 aromatic carbocycles. The summed E-state index contributed by atoms with van der Waals surface area (Å²) in [6, 6.07) is 15.2. The van der Waals surface area contributed by atoms with Gasteiger partial charge in [-0.3, -0.25) is 4.99 Å². The van der Waals surface area contributed by atoms with E-state index in [-0.39, 0.29) is 0 Å². The number of nitrogens with zero attached hydrogens (tertiary/aromatic N) is 2. The Morgan fingerprint density at radius 3 is 1.81 bits per heavy atom. The van der Waals surface area contributed by atoms with Crippen molar-refractivity contribution in [3.8, 4) is 6.07 Å². The Morgan fingerprint density at radius 2 is 1.39 bits per heavy atom. The van der Waals surface area contributed by atoms with E-state index >= 15 is 0 Å². The summed E-state index contributed by atoms with van der Waals surface area (Å²) in [6.45, 7) is 17.0. The Hall–Kier alpha value is -2.86. The number of aliphatic imine (C=N–C) groups is 1. The van der Waals surface area contributed by atoms with Gasteiger partial charge >= 0.3 is 0 Å². The van der Waals surface area contributed by atoms with Crippen molar-refractivity contribution < 1.29 is 0 Å². The number of allylic oxidation sites excluding steroid dienone is 2. The third-order valence-electron chi connectivity index (χ3n) is 5.78. The van der Waals surface area contributed by atoms with Crippen molar-refractivity contribution >= 4 is 17.1 Å². The molecule has 0 saturated carbocycles. The summed E-state index contributed by atoms with van der Waals surface area (Å²) in [7, 11) is 0. The summed E-state index contributed by atoms with van der Waals surface area (Å²) in [6.07, 6.45) is 1.84. The molecule has 0 amide bonds. The monoisotopic (exact) mass is 415 g/mol. The maximum absolute atomic E-state index is 10.0. The fraction of sp³-hybridized carbons (Fsp3) is 0.429. The molecule has 0 saturated heterocycles. The lowest BCUT2D eigenvalue weighted by atomic mass is 9.92. The third-order valence-corrected chi connectivity index (χ3v) is 5.78. The van der Waals surface area contributed by atoms with Crippen LogP contribution in [0.1, 0.15) is 89.5 Å². The van der Waals surface area contributed by atoms with Crippen LogP contribution in [0.2, 0.25) is 0 Å². The zero-order valence-corrected chi connectivity index (χ0v) is 20.4. The number of hydrogen-bond acceptors (Lipinski definition) is 3. The molecule has 0 aromatic heterocycles. The van der Waals surface area contributed by atoms with E-state index in [9.17, 15) is 5.26 Å². The van der Waals surface area contributed by atoms with Crippen LogP contribution in [0.3, 0.4) is 0 Å². The Kier molecular flexibility index (Phi) is 8.63. The highest BCUT2D eigenvalue weighted by Gasteiger charge is 2.16. The maximum atomic E-state index is 10.0. The van der Waals surface area contributed by atoms with Crippen molar-refractivity contribution in [2.24, 2.45) is 4.99 Å². The average molecular weight is 416 g/mol. The van der Waals surface area contributed by atoms with Crippen molar-refractivity contribution in [2.75, 3.05) is 5.32 Å². The molecule has 0 aliphatic carbocycles. The number of para-hydroxylation sites is 2. The highest BCUT2D eigenvalue weighted by molar-refractivity contribution is 6.04. The van der Waals surface area contributed by atoms with Crippen LogP contribution in [-0.2, 0) is 12.8 Å². The van der Waals surface area contributed by atoms with Crippen LogP contribution in [0.5, 0.6) is 0 Å². The van der Waals surface area contributed by atoms with E-state index in [2.05, 4.69) is 89.3 Å². The minimum absolute atomic E-state index is 0.387. The Balaban J connectivity index is 2.58. The van der Waals surface area contributed by atoms with Crippen molar-refractivity contribution in [1.29, 1.82) is 5.26 Å². The second kappa shape index (κ2) is 11.0. The normalized spacial score (nSPS) is 12.7. The van der Waals surface area contributed by atoms with Crippen LogP contribution in [-0.4, -0.2) is 5.71 Å². The summed E-state index contributed by atoms with van der Waals surface area (Å²) in [5.74, 6) is 0.774. The van der Waals surface area contributed by atoms with Crippen LogP contribution in [0.15, 0.2) is 52.7 Å². The molecule has 31 heavy (non-hydrogen) atoms. The van der Waals surface area contributed by atoms with Crippen LogP contribution in [0, 0.1) is 11.3 Å². The molecule has 1 N–H and O–H groups in total. The second-order valence-electron chi connectivity index (χ2n) is 8.69. The smallest absolute Gasteiger partial charge is 0.103 e. The molecule has 0 aliphatic rings. The Morgan fingerprint density at radius 1 is 0.903 bits per heavy atom. The molecule has 164 valence electrons. The first kappa shape index (κ1) is 24.4. The van der Waals surface area contributed by atoms with Gasteiger partial charge in [-0.25, -0.2) is 0 Å². The van der Waals surface area contributed by atoms with Gasteiger partial charge in [0.25, 0.3) is 0 Å². The summed E-state index contributed by atoms with van der Waals surface area (Å²) < 4.78 is 0. The summed E-state index contributed by atoms with van der Waals surface area (Å²) in [5.41, 5.74) is 9.28. The summed E-state index contributed by atoms with van der Waals surface area (Å²) >= 11 is 0. The van der Waals surface area contributed by atoms with Gasteiger partial charge in [0.15, 0.2) is 0 Å². The highest BCUT2D eigenvalue weighted by atomic mass is 14.9. The molecule has 0 unspecified atom stereocenters. The van der Waals surface area contributed by atoms with Gasteiger partial charge in [-0.2, -0.15) is 5.26 Å². The van der Waals surface area contributed by atoms with Crippen molar-refractivity contribution in [1.82, 2.24) is 0 Å². The predicted molar refractivity (Wildman–Crippen MR) is 135 cm³/mol. The topological polar surface area (TPSA) is 48.2 Å². The standard InChI is InChI=1S/C28H37N3/c1-9-22-13-11-14-23(10-2)27(22)30-20(7)26(17-29)21(8)31-28-24(18(3)4)15-12-16-25(28)19(5)6/h11-16,18-19,31H,9-10H2,1-8H3. The first-order valence-corrected chi connectivity index (χ1v) is 11.4. The molecule has 0 bridgehead atoms. The van der Waals surface area contributed by atoms with Gasteiger partial charge in [-0.15, -0.1) is 0 Å². The van der Waals surface area contributed by atoms with Crippen LogP contribution in [0.25, 0.3) is 0 Å². The van der Waals surface area contributed by atoms with Crippen LogP contribution < -0.4 is 5.32 Å². The number of benzene rings is 2. The molecular weight excluding hydrogens is 378 g/mol. The Labute approximate surface area is 188 Å². The van der Waals surface area contributed by atoms with Gasteiger partial charge in [0.1, 0.15) is 6.07 Å². The van der Waals surface area contributed by atoms with E-state index in [0.717, 1.165) is 35.6 Å². The molecule has 2 aromatic rings. The van der Waals surface area contributed by atoms with E-state index in [4.69, 9.17) is 4.99 Å². The zero-order valence-electron chi connectivity index (χ0n) is 20.4. The second-order valence-corrected chi connectivity index (χ2v) is 8.69. The van der Waals surface area contributed by atoms with E-state index in [0.29, 0.717) is 17.4 Å². The number of anilines is 1. The lowest BCUT2D eigenvalue weighted by Crippen LogP contribution is -2.10. The van der Waals surface area contributed by atoms with E-state index in [1.165, 1.54) is 22.3 Å². The van der Waals surface area contributed by atoms with Crippen molar-refractivity contribution in [3.63, 3.8) is 0 Å². The largest absolute Gasteiger partial charge is 0.358 e. The quantitative estimate of drug-likeness (QED) is 0.350. The lowest BCUT2D eigenvalue weighted by molar-refractivity contribution is 0.837. The maximum Gasteiger partial charge on any atom is 0.103 e. The Bertz CT molecular complexity index is 969. The summed E-state index contributed by atoms with van der Waals surface area (Å²) in [5, 5.41) is 13.6. The van der Waals surface area contributed by atoms with Crippen molar-refractivity contribution in [3.05, 3.63) is 69.9 Å². The number of hydrogen-bond donors (Lipinski definition) is 1. The lowest BCUT2D eigenvalue weighted by Gasteiger charge is -2.22. The zero-order chi connectivity index (χ0) is 23.1. The van der Waals surface area contributed by atoms with E-state index < -0.39 is 0 Å². The van der Waals surface area contributed by atoms with Crippen molar-refractivity contribution in [2.45, 2.75) is 80.1 Å². The molecule has 0 heterocycles. The van der Waals surface area contributed by atoms with Crippen LogP contribution in [0.4, 0.5) is 11.4 Å². The third kappa shape index (κ3) is 5.64. The van der Waals surface area contributed by atoms with Gasteiger partial charge in [-0.1, -0.05) is 77.9 Å². The minimum atomic E-state index is 0.387. The minimum Gasteiger partial charge on any atom is -0.358 e. The molecular formula is C28H37N3. The summed E-state index contributed by atoms with van der Waals surface area (Å²) in [4.78, 5) is 4.95. The van der Waals surface area contributed by atoms with Gasteiger partial charge in [0.05, 0.1) is 17.0 Å². The molecule has 0 radical (unpaired) electrons. The molecule has 3 nitrogen and oxygen atoms in total. The average Bonchev–Trinajstić information content (AvgIpc) is 2.74. The fourth-order valence-corrected chi connectivity index (χ4v) is 3.96. The first-order valence-electron chi connectivity index (χ1n) is 11.4. The molecule has 0 fully saturated rings. The number of nitrogens with one attached hydrogen (secondary N) is 1. The fourth-order valence-electron chi connectivity index (χ4n) is 3.96. The number of rotatable bonds is 8. The predicted octanol–water partition coefficient (Wildman–Crippen LogP) is 8.06. The molecule has 3 heteroatoms.